The van der Waals surface area contributed by atoms with Crippen LogP contribution in [-0.4, -0.2) is 38.3 Å². The minimum Gasteiger partial charge on any atom is -0.480 e. The first-order chi connectivity index (χ1) is 9.09. The lowest BCUT2D eigenvalue weighted by Gasteiger charge is -2.36. The van der Waals surface area contributed by atoms with Gasteiger partial charge in [-0.15, -0.1) is 0 Å². The molecule has 0 spiro atoms. The first-order valence-electron chi connectivity index (χ1n) is 6.51. The number of rotatable bonds is 5. The van der Waals surface area contributed by atoms with Crippen LogP contribution >= 0.6 is 23.3 Å². The molecule has 19 heavy (non-hydrogen) atoms. The average molecular weight is 301 g/mol. The van der Waals surface area contributed by atoms with E-state index in [2.05, 4.69) is 14.7 Å². The summed E-state index contributed by atoms with van der Waals surface area (Å²) in [4.78, 5) is 15.9. The maximum atomic E-state index is 11.5. The molecule has 5 nitrogen and oxygen atoms in total. The van der Waals surface area contributed by atoms with Crippen LogP contribution in [0.3, 0.4) is 0 Å². The fourth-order valence-electron chi connectivity index (χ4n) is 2.43. The highest BCUT2D eigenvalue weighted by molar-refractivity contribution is 8.01. The zero-order valence-corrected chi connectivity index (χ0v) is 12.8. The van der Waals surface area contributed by atoms with Crippen LogP contribution in [0.5, 0.6) is 0 Å². The van der Waals surface area contributed by atoms with Crippen LogP contribution in [0.2, 0.25) is 0 Å². The number of aromatic nitrogens is 2. The van der Waals surface area contributed by atoms with Crippen molar-refractivity contribution in [3.05, 3.63) is 5.82 Å². The quantitative estimate of drug-likeness (QED) is 0.868. The van der Waals surface area contributed by atoms with E-state index in [4.69, 9.17) is 0 Å². The summed E-state index contributed by atoms with van der Waals surface area (Å²) in [5, 5.41) is 12.7. The molecule has 0 aromatic carbocycles. The molecular weight excluding hydrogens is 282 g/mol. The highest BCUT2D eigenvalue weighted by Crippen LogP contribution is 2.38. The van der Waals surface area contributed by atoms with Crippen LogP contribution in [-0.2, 0) is 11.2 Å². The Labute approximate surface area is 121 Å². The van der Waals surface area contributed by atoms with E-state index in [-0.39, 0.29) is 0 Å². The first kappa shape index (κ1) is 14.7. The van der Waals surface area contributed by atoms with Gasteiger partial charge in [-0.05, 0) is 44.3 Å². The Kier molecular flexibility index (Phi) is 4.81. The molecule has 0 saturated heterocycles. The fourth-order valence-corrected chi connectivity index (χ4v) is 4.71. The lowest BCUT2D eigenvalue weighted by atomic mass is 9.81. The molecule has 1 saturated carbocycles. The molecule has 2 N–H and O–H groups in total. The summed E-state index contributed by atoms with van der Waals surface area (Å²) in [5.41, 5.74) is -0.770. The van der Waals surface area contributed by atoms with E-state index in [0.717, 1.165) is 29.4 Å². The molecule has 1 heterocycles. The lowest BCUT2D eigenvalue weighted by molar-refractivity contribution is -0.146. The molecule has 1 aliphatic rings. The van der Waals surface area contributed by atoms with E-state index in [1.54, 1.807) is 18.8 Å². The zero-order chi connectivity index (χ0) is 13.9. The molecule has 0 aliphatic heterocycles. The molecule has 1 fully saturated rings. The van der Waals surface area contributed by atoms with E-state index in [0.29, 0.717) is 18.1 Å². The minimum absolute atomic E-state index is 0.301. The third kappa shape index (κ3) is 3.27. The number of thioether (sulfide) groups is 1. The number of carboxylic acid groups (broad SMARTS) is 1. The van der Waals surface area contributed by atoms with Gasteiger partial charge in [0.1, 0.15) is 11.4 Å². The van der Waals surface area contributed by atoms with Gasteiger partial charge in [-0.2, -0.15) is 4.37 Å². The van der Waals surface area contributed by atoms with Crippen molar-refractivity contribution in [2.24, 2.45) is 0 Å². The van der Waals surface area contributed by atoms with Crippen molar-refractivity contribution in [3.63, 3.8) is 0 Å². The van der Waals surface area contributed by atoms with Crippen molar-refractivity contribution in [2.75, 3.05) is 7.05 Å². The summed E-state index contributed by atoms with van der Waals surface area (Å²) >= 11 is 3.10. The number of aryl methyl sites for hydroxylation is 1. The topological polar surface area (TPSA) is 75.1 Å². The second kappa shape index (κ2) is 6.19. The van der Waals surface area contributed by atoms with Crippen molar-refractivity contribution >= 4 is 29.3 Å². The van der Waals surface area contributed by atoms with Crippen LogP contribution in [0.25, 0.3) is 0 Å². The summed E-state index contributed by atoms with van der Waals surface area (Å²) < 4.78 is 5.23. The maximum absolute atomic E-state index is 11.5. The van der Waals surface area contributed by atoms with Gasteiger partial charge in [0.05, 0.1) is 0 Å². The molecule has 2 atom stereocenters. The first-order valence-corrected chi connectivity index (χ1v) is 8.16. The zero-order valence-electron chi connectivity index (χ0n) is 11.2. The van der Waals surface area contributed by atoms with Crippen molar-refractivity contribution in [3.8, 4) is 0 Å². The van der Waals surface area contributed by atoms with Crippen LogP contribution < -0.4 is 5.32 Å². The predicted molar refractivity (Wildman–Crippen MR) is 76.8 cm³/mol. The number of nitrogens with zero attached hydrogens (tertiary/aromatic N) is 2. The molecule has 7 heteroatoms. The summed E-state index contributed by atoms with van der Waals surface area (Å²) in [6.45, 7) is 2.04. The van der Waals surface area contributed by atoms with Gasteiger partial charge in [-0.25, -0.2) is 4.98 Å². The van der Waals surface area contributed by atoms with E-state index >= 15 is 0 Å². The number of carboxylic acids is 1. The molecule has 0 radical (unpaired) electrons. The lowest BCUT2D eigenvalue weighted by Crippen LogP contribution is -2.53. The van der Waals surface area contributed by atoms with Gasteiger partial charge in [-0.1, -0.05) is 18.7 Å². The molecule has 2 rings (SSSR count). The highest BCUT2D eigenvalue weighted by Gasteiger charge is 2.42. The Morgan fingerprint density at radius 1 is 1.68 bits per heavy atom. The molecule has 0 bridgehead atoms. The van der Waals surface area contributed by atoms with E-state index in [1.807, 2.05) is 6.92 Å². The van der Waals surface area contributed by atoms with Crippen LogP contribution in [0, 0.1) is 0 Å². The van der Waals surface area contributed by atoms with Gasteiger partial charge < -0.3 is 10.4 Å². The van der Waals surface area contributed by atoms with Gasteiger partial charge in [0.15, 0.2) is 4.34 Å². The average Bonchev–Trinajstić information content (AvgIpc) is 2.86. The molecule has 0 amide bonds. The second-order valence-corrected chi connectivity index (χ2v) is 7.10. The van der Waals surface area contributed by atoms with Crippen molar-refractivity contribution in [2.45, 2.75) is 54.2 Å². The molecule has 2 unspecified atom stereocenters. The van der Waals surface area contributed by atoms with Gasteiger partial charge in [0, 0.05) is 11.7 Å². The number of hydrogen-bond donors (Lipinski definition) is 2. The van der Waals surface area contributed by atoms with E-state index in [1.165, 1.54) is 11.5 Å². The van der Waals surface area contributed by atoms with Gasteiger partial charge in [0.25, 0.3) is 0 Å². The Morgan fingerprint density at radius 2 is 2.47 bits per heavy atom. The van der Waals surface area contributed by atoms with Crippen molar-refractivity contribution in [1.29, 1.82) is 0 Å². The summed E-state index contributed by atoms with van der Waals surface area (Å²) in [5.74, 6) is 0.133. The molecule has 1 aliphatic carbocycles. The standard InChI is InChI=1S/C12H19N3O2S2/c1-3-9-14-11(19-15-9)18-8-5-4-6-12(7-8,13-2)10(16)17/h8,13H,3-7H2,1-2H3,(H,16,17). The van der Waals surface area contributed by atoms with Crippen molar-refractivity contribution < 1.29 is 9.90 Å². The van der Waals surface area contributed by atoms with Gasteiger partial charge in [-0.3, -0.25) is 4.79 Å². The molecule has 1 aromatic rings. The number of aliphatic carboxylic acids is 1. The second-order valence-electron chi connectivity index (χ2n) is 4.80. The Hall–Kier alpha value is -0.660. The SMILES string of the molecule is CCc1nsc(SC2CCCC(NC)(C(=O)O)C2)n1. The fraction of sp³-hybridized carbons (Fsp3) is 0.750. The van der Waals surface area contributed by atoms with Gasteiger partial charge in [0.2, 0.25) is 0 Å². The Bertz CT molecular complexity index is 452. The smallest absolute Gasteiger partial charge is 0.323 e. The highest BCUT2D eigenvalue weighted by atomic mass is 32.2. The number of carbonyl (C=O) groups is 1. The third-order valence-electron chi connectivity index (χ3n) is 3.63. The minimum atomic E-state index is -0.770. The number of nitrogens with one attached hydrogen (secondary N) is 1. The Morgan fingerprint density at radius 3 is 3.05 bits per heavy atom. The largest absolute Gasteiger partial charge is 0.480 e. The molecule has 106 valence electrons. The van der Waals surface area contributed by atoms with E-state index < -0.39 is 11.5 Å². The Balaban J connectivity index is 2.03. The summed E-state index contributed by atoms with van der Waals surface area (Å²) in [6, 6.07) is 0. The third-order valence-corrected chi connectivity index (χ3v) is 5.72. The maximum Gasteiger partial charge on any atom is 0.323 e. The molecule has 1 aromatic heterocycles. The van der Waals surface area contributed by atoms with E-state index in [9.17, 15) is 9.90 Å². The predicted octanol–water partition coefficient (Wildman–Crippen LogP) is 2.18. The monoisotopic (exact) mass is 301 g/mol. The number of hydrogen-bond acceptors (Lipinski definition) is 6. The van der Waals surface area contributed by atoms with Crippen molar-refractivity contribution in [1.82, 2.24) is 14.7 Å². The summed E-state index contributed by atoms with van der Waals surface area (Å²) in [7, 11) is 1.74. The molecular formula is C12H19N3O2S2. The normalized spacial score (nSPS) is 27.4. The van der Waals surface area contributed by atoms with Crippen LogP contribution in [0.15, 0.2) is 4.34 Å². The summed E-state index contributed by atoms with van der Waals surface area (Å²) in [6.07, 6.45) is 4.17. The van der Waals surface area contributed by atoms with Crippen LogP contribution in [0.4, 0.5) is 0 Å². The number of likely N-dealkylation sites (N-methyl/N-ethyl adjacent to an activating group) is 1. The van der Waals surface area contributed by atoms with Gasteiger partial charge >= 0.3 is 5.97 Å². The van der Waals surface area contributed by atoms with Crippen LogP contribution in [0.1, 0.15) is 38.4 Å².